The molecule has 0 saturated carbocycles. The van der Waals surface area contributed by atoms with Crippen LogP contribution in [0.1, 0.15) is 34.1 Å². The van der Waals surface area contributed by atoms with Gasteiger partial charge in [0, 0.05) is 43.0 Å². The topological polar surface area (TPSA) is 71.1 Å². The lowest BCUT2D eigenvalue weighted by molar-refractivity contribution is 0.0790. The van der Waals surface area contributed by atoms with Gasteiger partial charge in [-0.3, -0.25) is 14.9 Å². The van der Waals surface area contributed by atoms with Gasteiger partial charge in [0.1, 0.15) is 18.2 Å². The molecular formula is C20H19FN4O2. The van der Waals surface area contributed by atoms with Crippen molar-refractivity contribution in [3.05, 3.63) is 77.6 Å². The first-order valence-corrected chi connectivity index (χ1v) is 8.81. The molecule has 27 heavy (non-hydrogen) atoms. The summed E-state index contributed by atoms with van der Waals surface area (Å²) in [7, 11) is 0. The van der Waals surface area contributed by atoms with Crippen molar-refractivity contribution >= 4 is 5.91 Å². The minimum Gasteiger partial charge on any atom is -0.487 e. The van der Waals surface area contributed by atoms with Crippen molar-refractivity contribution in [3.63, 3.8) is 0 Å². The third kappa shape index (κ3) is 3.97. The molecule has 3 aromatic rings. The van der Waals surface area contributed by atoms with E-state index in [2.05, 4.69) is 15.2 Å². The highest BCUT2D eigenvalue weighted by atomic mass is 19.1. The number of nitrogens with one attached hydrogen (secondary N) is 1. The van der Waals surface area contributed by atoms with Gasteiger partial charge in [-0.05, 0) is 36.8 Å². The molecule has 1 amide bonds. The Kier molecular flexibility index (Phi) is 4.82. The lowest BCUT2D eigenvalue weighted by atomic mass is 10.1. The van der Waals surface area contributed by atoms with Crippen LogP contribution in [0, 0.1) is 5.82 Å². The van der Waals surface area contributed by atoms with E-state index in [-0.39, 0.29) is 24.2 Å². The molecule has 2 aromatic heterocycles. The molecule has 4 rings (SSSR count). The number of nitrogens with zero attached hydrogens (tertiary/aromatic N) is 3. The number of aromatic amines is 1. The number of halogens is 1. The average molecular weight is 366 g/mol. The molecule has 0 bridgehead atoms. The Morgan fingerprint density at radius 3 is 2.93 bits per heavy atom. The van der Waals surface area contributed by atoms with Crippen LogP contribution in [0.25, 0.3) is 0 Å². The Labute approximate surface area is 156 Å². The van der Waals surface area contributed by atoms with E-state index in [9.17, 15) is 9.18 Å². The first-order valence-electron chi connectivity index (χ1n) is 8.81. The monoisotopic (exact) mass is 366 g/mol. The molecule has 1 aliphatic rings. The van der Waals surface area contributed by atoms with Gasteiger partial charge in [0.15, 0.2) is 0 Å². The average Bonchev–Trinajstić information content (AvgIpc) is 3.36. The molecule has 0 aliphatic carbocycles. The molecule has 1 saturated heterocycles. The van der Waals surface area contributed by atoms with Crippen molar-refractivity contribution in [2.75, 3.05) is 13.1 Å². The molecule has 3 heterocycles. The normalized spacial score (nSPS) is 16.5. The van der Waals surface area contributed by atoms with Crippen molar-refractivity contribution in [2.45, 2.75) is 18.9 Å². The van der Waals surface area contributed by atoms with Crippen LogP contribution in [0.15, 0.2) is 54.9 Å². The van der Waals surface area contributed by atoms with E-state index in [0.29, 0.717) is 24.4 Å². The molecule has 0 unspecified atom stereocenters. The highest BCUT2D eigenvalue weighted by Gasteiger charge is 2.29. The van der Waals surface area contributed by atoms with Gasteiger partial charge in [-0.15, -0.1) is 0 Å². The third-order valence-electron chi connectivity index (χ3n) is 4.66. The Balaban J connectivity index is 1.36. The lowest BCUT2D eigenvalue weighted by Crippen LogP contribution is -2.28. The summed E-state index contributed by atoms with van der Waals surface area (Å²) >= 11 is 0. The van der Waals surface area contributed by atoms with Gasteiger partial charge in [-0.1, -0.05) is 6.07 Å². The second kappa shape index (κ2) is 7.57. The Morgan fingerprint density at radius 2 is 2.11 bits per heavy atom. The van der Waals surface area contributed by atoms with Crippen molar-refractivity contribution in [2.24, 2.45) is 0 Å². The van der Waals surface area contributed by atoms with Crippen molar-refractivity contribution in [3.8, 4) is 5.75 Å². The number of hydrogen-bond acceptors (Lipinski definition) is 4. The van der Waals surface area contributed by atoms with E-state index in [4.69, 9.17) is 4.74 Å². The van der Waals surface area contributed by atoms with Gasteiger partial charge < -0.3 is 9.64 Å². The molecular weight excluding hydrogens is 347 g/mol. The molecule has 0 radical (unpaired) electrons. The van der Waals surface area contributed by atoms with Gasteiger partial charge in [-0.2, -0.15) is 5.10 Å². The summed E-state index contributed by atoms with van der Waals surface area (Å²) in [6.45, 7) is 1.62. The Morgan fingerprint density at radius 1 is 1.26 bits per heavy atom. The third-order valence-corrected chi connectivity index (χ3v) is 4.66. The number of rotatable bonds is 5. The van der Waals surface area contributed by atoms with Crippen LogP contribution in [0.3, 0.4) is 0 Å². The fourth-order valence-corrected chi connectivity index (χ4v) is 3.24. The van der Waals surface area contributed by atoms with E-state index in [0.717, 1.165) is 17.8 Å². The number of benzene rings is 1. The standard InChI is InChI=1S/C20H19FN4O2/c21-16-2-1-3-18(10-16)27-13-17-11-19(24-23-17)15-6-9-25(12-15)20(26)14-4-7-22-8-5-14/h1-5,7-8,10-11,15H,6,9,12-13H2,(H,23,24)/t15-/m1/s1. The second-order valence-corrected chi connectivity index (χ2v) is 6.54. The lowest BCUT2D eigenvalue weighted by Gasteiger charge is -2.15. The van der Waals surface area contributed by atoms with E-state index in [1.807, 2.05) is 11.0 Å². The summed E-state index contributed by atoms with van der Waals surface area (Å²) in [6, 6.07) is 11.4. The summed E-state index contributed by atoms with van der Waals surface area (Å²) in [5, 5.41) is 7.33. The quantitative estimate of drug-likeness (QED) is 0.753. The van der Waals surface area contributed by atoms with Crippen LogP contribution in [-0.4, -0.2) is 39.1 Å². The Hall–Kier alpha value is -3.22. The van der Waals surface area contributed by atoms with Crippen molar-refractivity contribution < 1.29 is 13.9 Å². The zero-order valence-electron chi connectivity index (χ0n) is 14.6. The predicted octanol–water partition coefficient (Wildman–Crippen LogP) is 3.15. The number of hydrogen-bond donors (Lipinski definition) is 1. The zero-order valence-corrected chi connectivity index (χ0v) is 14.6. The summed E-state index contributed by atoms with van der Waals surface area (Å²) in [4.78, 5) is 18.3. The molecule has 1 aromatic carbocycles. The fourth-order valence-electron chi connectivity index (χ4n) is 3.24. The van der Waals surface area contributed by atoms with E-state index in [1.165, 1.54) is 12.1 Å². The molecule has 1 N–H and O–H groups in total. The number of carbonyl (C=O) groups is 1. The number of aromatic nitrogens is 3. The van der Waals surface area contributed by atoms with Crippen molar-refractivity contribution in [1.29, 1.82) is 0 Å². The maximum atomic E-state index is 13.2. The van der Waals surface area contributed by atoms with E-state index in [1.54, 1.807) is 36.7 Å². The number of H-pyrrole nitrogens is 1. The number of pyridine rings is 1. The highest BCUT2D eigenvalue weighted by Crippen LogP contribution is 2.27. The molecule has 6 nitrogen and oxygen atoms in total. The van der Waals surface area contributed by atoms with E-state index >= 15 is 0 Å². The molecule has 1 fully saturated rings. The van der Waals surface area contributed by atoms with Crippen LogP contribution in [-0.2, 0) is 6.61 Å². The fraction of sp³-hybridized carbons (Fsp3) is 0.250. The van der Waals surface area contributed by atoms with Crippen LogP contribution >= 0.6 is 0 Å². The number of likely N-dealkylation sites (tertiary alicyclic amines) is 1. The predicted molar refractivity (Wildman–Crippen MR) is 96.8 cm³/mol. The molecule has 1 aliphatic heterocycles. The number of carbonyl (C=O) groups excluding carboxylic acids is 1. The van der Waals surface area contributed by atoms with Gasteiger partial charge in [-0.25, -0.2) is 4.39 Å². The highest BCUT2D eigenvalue weighted by molar-refractivity contribution is 5.94. The summed E-state index contributed by atoms with van der Waals surface area (Å²) in [5.41, 5.74) is 2.38. The largest absolute Gasteiger partial charge is 0.487 e. The van der Waals surface area contributed by atoms with Crippen LogP contribution < -0.4 is 4.74 Å². The zero-order chi connectivity index (χ0) is 18.6. The minimum absolute atomic E-state index is 0.0186. The Bertz CT molecular complexity index is 928. The van der Waals surface area contributed by atoms with Crippen LogP contribution in [0.5, 0.6) is 5.75 Å². The SMILES string of the molecule is O=C(c1ccncc1)N1CC[C@@H](c2cc(COc3cccc(F)c3)[nH]n2)C1. The number of ether oxygens (including phenoxy) is 1. The maximum absolute atomic E-state index is 13.2. The molecule has 1 atom stereocenters. The number of amides is 1. The van der Waals surface area contributed by atoms with Crippen molar-refractivity contribution in [1.82, 2.24) is 20.1 Å². The molecule has 7 heteroatoms. The molecule has 138 valence electrons. The first-order chi connectivity index (χ1) is 13.2. The van der Waals surface area contributed by atoms with Crippen LogP contribution in [0.4, 0.5) is 4.39 Å². The van der Waals surface area contributed by atoms with Gasteiger partial charge in [0.25, 0.3) is 5.91 Å². The maximum Gasteiger partial charge on any atom is 0.253 e. The van der Waals surface area contributed by atoms with Gasteiger partial charge in [0.05, 0.1) is 11.4 Å². The second-order valence-electron chi connectivity index (χ2n) is 6.54. The minimum atomic E-state index is -0.331. The smallest absolute Gasteiger partial charge is 0.253 e. The van der Waals surface area contributed by atoms with E-state index < -0.39 is 0 Å². The molecule has 0 spiro atoms. The van der Waals surface area contributed by atoms with Gasteiger partial charge in [0.2, 0.25) is 0 Å². The van der Waals surface area contributed by atoms with Gasteiger partial charge >= 0.3 is 0 Å². The van der Waals surface area contributed by atoms with Crippen LogP contribution in [0.2, 0.25) is 0 Å². The summed E-state index contributed by atoms with van der Waals surface area (Å²) in [5.74, 6) is 0.351. The summed E-state index contributed by atoms with van der Waals surface area (Å²) < 4.78 is 18.8. The summed E-state index contributed by atoms with van der Waals surface area (Å²) in [6.07, 6.45) is 4.12. The first kappa shape index (κ1) is 17.2.